The van der Waals surface area contributed by atoms with E-state index in [2.05, 4.69) is 30.9 Å². The van der Waals surface area contributed by atoms with Crippen LogP contribution in [0.25, 0.3) is 0 Å². The Kier molecular flexibility index (Phi) is 4.46. The van der Waals surface area contributed by atoms with Crippen LogP contribution in [0.15, 0.2) is 0 Å². The Morgan fingerprint density at radius 1 is 1.48 bits per heavy atom. The quantitative estimate of drug-likeness (QED) is 0.887. The van der Waals surface area contributed by atoms with Crippen LogP contribution in [-0.2, 0) is 13.0 Å². The highest BCUT2D eigenvalue weighted by Crippen LogP contribution is 2.26. The smallest absolute Gasteiger partial charge is 0.321 e. The molecule has 0 bridgehead atoms. The van der Waals surface area contributed by atoms with Crippen molar-refractivity contribution in [2.45, 2.75) is 45.2 Å². The van der Waals surface area contributed by atoms with Crippen LogP contribution in [-0.4, -0.2) is 31.0 Å². The van der Waals surface area contributed by atoms with E-state index in [1.807, 2.05) is 6.92 Å². The number of urea groups is 1. The molecule has 0 unspecified atom stereocenters. The monoisotopic (exact) mass is 343 g/mol. The molecule has 0 saturated carbocycles. The summed E-state index contributed by atoms with van der Waals surface area (Å²) in [4.78, 5) is 16.4. The van der Waals surface area contributed by atoms with Gasteiger partial charge in [0.05, 0.1) is 6.04 Å². The minimum absolute atomic E-state index is 0.0318. The van der Waals surface area contributed by atoms with Crippen LogP contribution < -0.4 is 10.6 Å². The van der Waals surface area contributed by atoms with E-state index in [1.165, 1.54) is 0 Å². The van der Waals surface area contributed by atoms with Gasteiger partial charge in [-0.1, -0.05) is 18.3 Å². The minimum atomic E-state index is -2.70. The lowest BCUT2D eigenvalue weighted by atomic mass is 10.1. The molecule has 1 aliphatic heterocycles. The molecule has 23 heavy (non-hydrogen) atoms. The average molecular weight is 343 g/mol. The second kappa shape index (κ2) is 6.52. The molecule has 8 nitrogen and oxygen atoms in total. The fraction of sp³-hybridized carbons (Fsp3) is 0.583. The number of alkyl halides is 2. The lowest BCUT2D eigenvalue weighted by Crippen LogP contribution is -2.36. The Morgan fingerprint density at radius 2 is 2.30 bits per heavy atom. The summed E-state index contributed by atoms with van der Waals surface area (Å²) in [7, 11) is 0. The highest BCUT2D eigenvalue weighted by molar-refractivity contribution is 7.15. The Morgan fingerprint density at radius 3 is 3.00 bits per heavy atom. The molecule has 1 aliphatic rings. The maximum Gasteiger partial charge on any atom is 0.321 e. The van der Waals surface area contributed by atoms with Crippen LogP contribution in [0.4, 0.5) is 18.7 Å². The molecular weight excluding hydrogens is 328 g/mol. The van der Waals surface area contributed by atoms with Crippen molar-refractivity contribution in [1.29, 1.82) is 0 Å². The first kappa shape index (κ1) is 15.7. The van der Waals surface area contributed by atoms with Crippen molar-refractivity contribution in [2.75, 3.05) is 5.32 Å². The van der Waals surface area contributed by atoms with Crippen LogP contribution in [0.3, 0.4) is 0 Å². The van der Waals surface area contributed by atoms with E-state index in [0.29, 0.717) is 17.2 Å². The van der Waals surface area contributed by atoms with Gasteiger partial charge in [-0.15, -0.1) is 10.2 Å². The molecule has 2 N–H and O–H groups in total. The summed E-state index contributed by atoms with van der Waals surface area (Å²) in [5, 5.41) is 16.0. The van der Waals surface area contributed by atoms with Gasteiger partial charge >= 0.3 is 6.03 Å². The molecule has 1 atom stereocenters. The van der Waals surface area contributed by atoms with Crippen LogP contribution in [0.2, 0.25) is 0 Å². The summed E-state index contributed by atoms with van der Waals surface area (Å²) in [5.41, 5.74) is 0. The van der Waals surface area contributed by atoms with E-state index < -0.39 is 17.5 Å². The number of aromatic nitrogens is 5. The van der Waals surface area contributed by atoms with Gasteiger partial charge in [0.2, 0.25) is 5.13 Å². The van der Waals surface area contributed by atoms with Gasteiger partial charge < -0.3 is 5.32 Å². The number of anilines is 1. The number of rotatable bonds is 4. The van der Waals surface area contributed by atoms with E-state index in [9.17, 15) is 13.6 Å². The van der Waals surface area contributed by atoms with Gasteiger partial charge in [-0.3, -0.25) is 5.32 Å². The van der Waals surface area contributed by atoms with Gasteiger partial charge in [0.15, 0.2) is 10.8 Å². The number of nitrogens with zero attached hydrogens (tertiary/aromatic N) is 5. The van der Waals surface area contributed by atoms with Crippen molar-refractivity contribution in [3.63, 3.8) is 0 Å². The molecule has 3 heterocycles. The maximum absolute atomic E-state index is 12.5. The Balaban J connectivity index is 1.65. The van der Waals surface area contributed by atoms with Gasteiger partial charge in [0.1, 0.15) is 5.82 Å². The number of carbonyl (C=O) groups excluding carboxylic acids is 1. The normalized spacial score (nSPS) is 17.1. The van der Waals surface area contributed by atoms with Crippen molar-refractivity contribution >= 4 is 22.5 Å². The van der Waals surface area contributed by atoms with Crippen LogP contribution in [0, 0.1) is 0 Å². The largest absolute Gasteiger partial charge is 0.328 e. The number of nitrogens with one attached hydrogen (secondary N) is 2. The molecule has 3 rings (SSSR count). The van der Waals surface area contributed by atoms with E-state index in [0.717, 1.165) is 31.6 Å². The first-order chi connectivity index (χ1) is 11.1. The van der Waals surface area contributed by atoms with Crippen molar-refractivity contribution in [1.82, 2.24) is 30.3 Å². The third kappa shape index (κ3) is 3.44. The lowest BCUT2D eigenvalue weighted by Gasteiger charge is -2.22. The first-order valence-electron chi connectivity index (χ1n) is 7.19. The number of carbonyl (C=O) groups is 1. The summed E-state index contributed by atoms with van der Waals surface area (Å²) in [6.45, 7) is 2.74. The molecule has 2 aromatic heterocycles. The zero-order chi connectivity index (χ0) is 16.4. The second-order valence-corrected chi connectivity index (χ2v) is 6.01. The van der Waals surface area contributed by atoms with Crippen molar-refractivity contribution < 1.29 is 13.6 Å². The fourth-order valence-corrected chi connectivity index (χ4v) is 2.94. The molecule has 2 aromatic rings. The number of halogens is 2. The third-order valence-electron chi connectivity index (χ3n) is 3.39. The SMILES string of the molecule is CCc1nc2n(n1)CCC[C@H]2NC(=O)Nc1nnc(C(F)F)s1. The summed E-state index contributed by atoms with van der Waals surface area (Å²) >= 11 is 0.647. The number of fused-ring (bicyclic) bond motifs is 1. The molecule has 0 aliphatic carbocycles. The Bertz CT molecular complexity index is 701. The minimum Gasteiger partial charge on any atom is -0.328 e. The summed E-state index contributed by atoms with van der Waals surface area (Å²) in [5.74, 6) is 1.45. The van der Waals surface area contributed by atoms with E-state index in [1.54, 1.807) is 4.68 Å². The highest BCUT2D eigenvalue weighted by atomic mass is 32.1. The van der Waals surface area contributed by atoms with E-state index >= 15 is 0 Å². The molecule has 0 aromatic carbocycles. The van der Waals surface area contributed by atoms with Gasteiger partial charge in [-0.05, 0) is 12.8 Å². The van der Waals surface area contributed by atoms with Crippen molar-refractivity contribution in [3.8, 4) is 0 Å². The zero-order valence-electron chi connectivity index (χ0n) is 12.3. The van der Waals surface area contributed by atoms with Crippen LogP contribution >= 0.6 is 11.3 Å². The molecular formula is C12H15F2N7OS. The fourth-order valence-electron chi connectivity index (χ4n) is 2.35. The standard InChI is InChI=1S/C12H15F2N7OS/c1-2-7-16-9-6(4-3-5-21(9)20-7)15-11(22)17-12-19-18-10(23-12)8(13)14/h6,8H,2-5H2,1H3,(H2,15,17,19,22)/t6-/m1/s1. The zero-order valence-corrected chi connectivity index (χ0v) is 13.1. The Labute approximate surface area is 134 Å². The molecule has 11 heteroatoms. The molecule has 0 fully saturated rings. The number of amides is 2. The second-order valence-electron chi connectivity index (χ2n) is 5.00. The van der Waals surface area contributed by atoms with Gasteiger partial charge in [-0.2, -0.15) is 5.10 Å². The van der Waals surface area contributed by atoms with Crippen molar-refractivity contribution in [3.05, 3.63) is 16.7 Å². The molecule has 0 saturated heterocycles. The molecule has 124 valence electrons. The highest BCUT2D eigenvalue weighted by Gasteiger charge is 2.26. The topological polar surface area (TPSA) is 97.6 Å². The van der Waals surface area contributed by atoms with Crippen molar-refractivity contribution in [2.24, 2.45) is 0 Å². The lowest BCUT2D eigenvalue weighted by molar-refractivity contribution is 0.150. The third-order valence-corrected chi connectivity index (χ3v) is 4.23. The number of aryl methyl sites for hydroxylation is 2. The molecule has 2 amide bonds. The van der Waals surface area contributed by atoms with Gasteiger partial charge in [0, 0.05) is 13.0 Å². The summed E-state index contributed by atoms with van der Waals surface area (Å²) < 4.78 is 26.7. The summed E-state index contributed by atoms with van der Waals surface area (Å²) in [6, 6.07) is -0.791. The summed E-state index contributed by atoms with van der Waals surface area (Å²) in [6.07, 6.45) is -0.359. The maximum atomic E-state index is 12.5. The Hall–Kier alpha value is -2.17. The average Bonchev–Trinajstić information content (AvgIpc) is 3.13. The van der Waals surface area contributed by atoms with Gasteiger partial charge in [0.25, 0.3) is 6.43 Å². The van der Waals surface area contributed by atoms with E-state index in [-0.39, 0.29) is 11.2 Å². The predicted octanol–water partition coefficient (Wildman–Crippen LogP) is 2.29. The molecule has 0 spiro atoms. The van der Waals surface area contributed by atoms with E-state index in [4.69, 9.17) is 0 Å². The van der Waals surface area contributed by atoms with Crippen LogP contribution in [0.1, 0.15) is 48.9 Å². The predicted molar refractivity (Wildman–Crippen MR) is 78.4 cm³/mol. The number of hydrogen-bond donors (Lipinski definition) is 2. The molecule has 0 radical (unpaired) electrons. The van der Waals surface area contributed by atoms with Gasteiger partial charge in [-0.25, -0.2) is 23.2 Å². The van der Waals surface area contributed by atoms with Crippen LogP contribution in [0.5, 0.6) is 0 Å². The first-order valence-corrected chi connectivity index (χ1v) is 8.01. The number of hydrogen-bond acceptors (Lipinski definition) is 6.